The van der Waals surface area contributed by atoms with Crippen molar-refractivity contribution in [1.29, 1.82) is 0 Å². The van der Waals surface area contributed by atoms with Crippen LogP contribution in [0, 0.1) is 0 Å². The summed E-state index contributed by atoms with van der Waals surface area (Å²) in [7, 11) is -3.60. The van der Waals surface area contributed by atoms with Gasteiger partial charge in [0.2, 0.25) is 10.0 Å². The number of carbonyl (C=O) groups is 1. The maximum absolute atomic E-state index is 12.7. The fourth-order valence-corrected chi connectivity index (χ4v) is 3.99. The first-order valence-electron chi connectivity index (χ1n) is 8.78. The molecule has 0 radical (unpaired) electrons. The SMILES string of the molecule is CCN(CC)S(=O)(=O)c1ccc(NC(=O)COc2cccc(C(F)(F)F)c2)cc1. The number of ether oxygens (including phenoxy) is 1. The second-order valence-electron chi connectivity index (χ2n) is 5.98. The van der Waals surface area contributed by atoms with Gasteiger partial charge in [0.1, 0.15) is 5.75 Å². The van der Waals surface area contributed by atoms with Crippen LogP contribution in [0.25, 0.3) is 0 Å². The Labute approximate surface area is 167 Å². The molecule has 2 aromatic rings. The molecule has 158 valence electrons. The third-order valence-electron chi connectivity index (χ3n) is 4.01. The van der Waals surface area contributed by atoms with Gasteiger partial charge in [-0.25, -0.2) is 8.42 Å². The predicted molar refractivity (Wildman–Crippen MR) is 102 cm³/mol. The average Bonchev–Trinajstić information content (AvgIpc) is 2.67. The van der Waals surface area contributed by atoms with Crippen molar-refractivity contribution < 1.29 is 31.1 Å². The Hall–Kier alpha value is -2.59. The number of anilines is 1. The molecular formula is C19H21F3N2O4S. The minimum atomic E-state index is -4.51. The molecule has 0 unspecified atom stereocenters. The first-order chi connectivity index (χ1) is 13.6. The molecule has 0 saturated heterocycles. The molecule has 2 aromatic carbocycles. The van der Waals surface area contributed by atoms with Crippen molar-refractivity contribution in [3.8, 4) is 5.75 Å². The third kappa shape index (κ3) is 5.94. The number of carbonyl (C=O) groups excluding carboxylic acids is 1. The van der Waals surface area contributed by atoms with E-state index in [0.717, 1.165) is 12.1 Å². The van der Waals surface area contributed by atoms with Gasteiger partial charge in [-0.2, -0.15) is 17.5 Å². The number of amides is 1. The van der Waals surface area contributed by atoms with Crippen molar-refractivity contribution in [2.75, 3.05) is 25.0 Å². The molecule has 0 aromatic heterocycles. The van der Waals surface area contributed by atoms with Gasteiger partial charge in [-0.15, -0.1) is 0 Å². The van der Waals surface area contributed by atoms with Gasteiger partial charge < -0.3 is 10.1 Å². The van der Waals surface area contributed by atoms with Crippen LogP contribution in [0.15, 0.2) is 53.4 Å². The zero-order valence-electron chi connectivity index (χ0n) is 15.9. The van der Waals surface area contributed by atoms with E-state index >= 15 is 0 Å². The molecule has 6 nitrogen and oxygen atoms in total. The molecule has 0 aliphatic rings. The number of halogens is 3. The lowest BCUT2D eigenvalue weighted by atomic mass is 10.2. The summed E-state index contributed by atoms with van der Waals surface area (Å²) in [6.07, 6.45) is -4.51. The van der Waals surface area contributed by atoms with E-state index in [-0.39, 0.29) is 10.6 Å². The Bertz CT molecular complexity index is 941. The Balaban J connectivity index is 1.98. The van der Waals surface area contributed by atoms with Crippen molar-refractivity contribution in [3.05, 3.63) is 54.1 Å². The summed E-state index contributed by atoms with van der Waals surface area (Å²) < 4.78 is 69.3. The fraction of sp³-hybridized carbons (Fsp3) is 0.316. The van der Waals surface area contributed by atoms with Gasteiger partial charge in [0.25, 0.3) is 5.91 Å². The second-order valence-corrected chi connectivity index (χ2v) is 7.91. The molecule has 0 atom stereocenters. The first-order valence-corrected chi connectivity index (χ1v) is 10.2. The topological polar surface area (TPSA) is 75.7 Å². The van der Waals surface area contributed by atoms with Crippen molar-refractivity contribution in [1.82, 2.24) is 4.31 Å². The molecule has 0 spiro atoms. The normalized spacial score (nSPS) is 12.1. The Morgan fingerprint density at radius 2 is 1.69 bits per heavy atom. The standard InChI is InChI=1S/C19H21F3N2O4S/c1-3-24(4-2)29(26,27)17-10-8-15(9-11-17)23-18(25)13-28-16-7-5-6-14(12-16)19(20,21)22/h5-12H,3-4,13H2,1-2H3,(H,23,25). The number of nitrogens with one attached hydrogen (secondary N) is 1. The van der Waals surface area contributed by atoms with Crippen molar-refractivity contribution in [2.45, 2.75) is 24.9 Å². The van der Waals surface area contributed by atoms with Crippen LogP contribution in [-0.4, -0.2) is 38.3 Å². The fourth-order valence-electron chi connectivity index (χ4n) is 2.53. The summed E-state index contributed by atoms with van der Waals surface area (Å²) >= 11 is 0. The molecule has 1 N–H and O–H groups in total. The van der Waals surface area contributed by atoms with Crippen molar-refractivity contribution >= 4 is 21.6 Å². The van der Waals surface area contributed by atoms with E-state index in [4.69, 9.17) is 4.74 Å². The number of rotatable bonds is 8. The molecule has 0 bridgehead atoms. The maximum Gasteiger partial charge on any atom is 0.416 e. The molecule has 1 amide bonds. The largest absolute Gasteiger partial charge is 0.484 e. The minimum absolute atomic E-state index is 0.0874. The molecule has 0 aliphatic carbocycles. The van der Waals surface area contributed by atoms with Crippen LogP contribution >= 0.6 is 0 Å². The van der Waals surface area contributed by atoms with Gasteiger partial charge in [0.05, 0.1) is 10.5 Å². The lowest BCUT2D eigenvalue weighted by molar-refractivity contribution is -0.137. The molecule has 0 fully saturated rings. The number of alkyl halides is 3. The van der Waals surface area contributed by atoms with E-state index < -0.39 is 34.3 Å². The van der Waals surface area contributed by atoms with Crippen LogP contribution in [0.5, 0.6) is 5.75 Å². The van der Waals surface area contributed by atoms with Gasteiger partial charge in [0, 0.05) is 18.8 Å². The summed E-state index contributed by atoms with van der Waals surface area (Å²) in [5.41, 5.74) is -0.540. The van der Waals surface area contributed by atoms with Gasteiger partial charge >= 0.3 is 6.18 Å². The van der Waals surface area contributed by atoms with Gasteiger partial charge in [0.15, 0.2) is 6.61 Å². The second kappa shape index (κ2) is 9.27. The Morgan fingerprint density at radius 1 is 1.07 bits per heavy atom. The first kappa shape index (κ1) is 22.7. The van der Waals surface area contributed by atoms with Gasteiger partial charge in [-0.05, 0) is 42.5 Å². The highest BCUT2D eigenvalue weighted by atomic mass is 32.2. The van der Waals surface area contributed by atoms with Crippen LogP contribution in [0.4, 0.5) is 18.9 Å². The maximum atomic E-state index is 12.7. The number of hydrogen-bond donors (Lipinski definition) is 1. The molecule has 0 heterocycles. The van der Waals surface area contributed by atoms with Crippen LogP contribution in [0.3, 0.4) is 0 Å². The summed E-state index contributed by atoms with van der Waals surface area (Å²) in [6.45, 7) is 3.65. The molecule has 29 heavy (non-hydrogen) atoms. The van der Waals surface area contributed by atoms with Crippen LogP contribution < -0.4 is 10.1 Å². The molecule has 2 rings (SSSR count). The highest BCUT2D eigenvalue weighted by Gasteiger charge is 2.30. The molecule has 0 saturated carbocycles. The highest BCUT2D eigenvalue weighted by Crippen LogP contribution is 2.31. The lowest BCUT2D eigenvalue weighted by Gasteiger charge is -2.18. The Morgan fingerprint density at radius 3 is 2.24 bits per heavy atom. The summed E-state index contributed by atoms with van der Waals surface area (Å²) in [5, 5.41) is 2.50. The molecule has 0 aliphatic heterocycles. The van der Waals surface area contributed by atoms with Crippen molar-refractivity contribution in [3.63, 3.8) is 0 Å². The number of hydrogen-bond acceptors (Lipinski definition) is 4. The molecular weight excluding hydrogens is 409 g/mol. The minimum Gasteiger partial charge on any atom is -0.484 e. The van der Waals surface area contributed by atoms with E-state index in [1.807, 2.05) is 0 Å². The van der Waals surface area contributed by atoms with Crippen LogP contribution in [0.2, 0.25) is 0 Å². The van der Waals surface area contributed by atoms with E-state index in [1.165, 1.54) is 40.7 Å². The number of nitrogens with zero attached hydrogens (tertiary/aromatic N) is 1. The van der Waals surface area contributed by atoms with Gasteiger partial charge in [-0.1, -0.05) is 19.9 Å². The highest BCUT2D eigenvalue weighted by molar-refractivity contribution is 7.89. The number of benzene rings is 2. The molecule has 10 heteroatoms. The summed E-state index contributed by atoms with van der Waals surface area (Å²) in [6, 6.07) is 9.81. The Kier molecular flexibility index (Phi) is 7.26. The smallest absolute Gasteiger partial charge is 0.416 e. The van der Waals surface area contributed by atoms with E-state index in [9.17, 15) is 26.4 Å². The predicted octanol–water partition coefficient (Wildman–Crippen LogP) is 3.75. The van der Waals surface area contributed by atoms with E-state index in [1.54, 1.807) is 13.8 Å². The number of sulfonamides is 1. The average molecular weight is 430 g/mol. The van der Waals surface area contributed by atoms with E-state index in [2.05, 4.69) is 5.32 Å². The van der Waals surface area contributed by atoms with E-state index in [0.29, 0.717) is 18.8 Å². The summed E-state index contributed by atoms with van der Waals surface area (Å²) in [4.78, 5) is 12.1. The quantitative estimate of drug-likeness (QED) is 0.692. The summed E-state index contributed by atoms with van der Waals surface area (Å²) in [5.74, 6) is -0.683. The van der Waals surface area contributed by atoms with Gasteiger partial charge in [-0.3, -0.25) is 4.79 Å². The zero-order valence-corrected chi connectivity index (χ0v) is 16.7. The van der Waals surface area contributed by atoms with Crippen LogP contribution in [0.1, 0.15) is 19.4 Å². The van der Waals surface area contributed by atoms with Crippen molar-refractivity contribution in [2.24, 2.45) is 0 Å². The monoisotopic (exact) mass is 430 g/mol. The third-order valence-corrected chi connectivity index (χ3v) is 6.08. The van der Waals surface area contributed by atoms with Crippen LogP contribution in [-0.2, 0) is 21.0 Å². The zero-order chi connectivity index (χ0) is 21.7. The lowest BCUT2D eigenvalue weighted by Crippen LogP contribution is -2.30.